The highest BCUT2D eigenvalue weighted by Gasteiger charge is 2.25. The number of nitrogens with zero attached hydrogens (tertiary/aromatic N) is 1. The van der Waals surface area contributed by atoms with E-state index in [9.17, 15) is 14.3 Å². The maximum atomic E-state index is 11.0. The molecular formula is C11H22NO6P. The zero-order valence-corrected chi connectivity index (χ0v) is 12.6. The van der Waals surface area contributed by atoms with Gasteiger partial charge in [-0.3, -0.25) is 4.57 Å². The molecule has 0 aliphatic rings. The van der Waals surface area contributed by atoms with E-state index in [2.05, 4.69) is 11.1 Å². The molecule has 0 saturated carbocycles. The number of ether oxygens (including phenoxy) is 1. The van der Waals surface area contributed by atoms with Crippen LogP contribution >= 0.6 is 7.82 Å². The molecule has 19 heavy (non-hydrogen) atoms. The SMILES string of the molecule is C=CC(=O)OC(C)CC(C[N+](C)(C)C)OP(=O)([O-])O. The van der Waals surface area contributed by atoms with Gasteiger partial charge in [0.2, 0.25) is 0 Å². The van der Waals surface area contributed by atoms with Crippen LogP contribution in [0.5, 0.6) is 0 Å². The maximum Gasteiger partial charge on any atom is 0.330 e. The molecule has 0 aliphatic heterocycles. The summed E-state index contributed by atoms with van der Waals surface area (Å²) in [4.78, 5) is 30.6. The Balaban J connectivity index is 4.62. The van der Waals surface area contributed by atoms with Crippen LogP contribution in [0.1, 0.15) is 13.3 Å². The van der Waals surface area contributed by atoms with Crippen LogP contribution in [0.25, 0.3) is 0 Å². The number of phosphoric ester groups is 1. The molecule has 0 amide bonds. The van der Waals surface area contributed by atoms with Gasteiger partial charge in [0.05, 0.1) is 21.1 Å². The van der Waals surface area contributed by atoms with Gasteiger partial charge >= 0.3 is 5.97 Å². The molecule has 0 aromatic heterocycles. The molecule has 0 aliphatic carbocycles. The predicted octanol–water partition coefficient (Wildman–Crippen LogP) is 0.0463. The van der Waals surface area contributed by atoms with Gasteiger partial charge in [0.1, 0.15) is 18.8 Å². The van der Waals surface area contributed by atoms with Crippen molar-refractivity contribution < 1.29 is 32.9 Å². The average Bonchev–Trinajstić information content (AvgIpc) is 2.11. The maximum absolute atomic E-state index is 11.0. The normalized spacial score (nSPS) is 18.2. The van der Waals surface area contributed by atoms with E-state index in [1.807, 2.05) is 21.1 Å². The molecule has 7 nitrogen and oxygen atoms in total. The van der Waals surface area contributed by atoms with Crippen molar-refractivity contribution in [2.45, 2.75) is 25.6 Å². The lowest BCUT2D eigenvalue weighted by Gasteiger charge is -2.32. The molecule has 0 bridgehead atoms. The summed E-state index contributed by atoms with van der Waals surface area (Å²) >= 11 is 0. The Hall–Kier alpha value is -0.720. The number of carbonyl (C=O) groups excluding carboxylic acids is 1. The van der Waals surface area contributed by atoms with Crippen molar-refractivity contribution >= 4 is 13.8 Å². The highest BCUT2D eigenvalue weighted by molar-refractivity contribution is 7.44. The fourth-order valence-corrected chi connectivity index (χ4v) is 2.14. The average molecular weight is 295 g/mol. The highest BCUT2D eigenvalue weighted by Crippen LogP contribution is 2.34. The van der Waals surface area contributed by atoms with Crippen LogP contribution < -0.4 is 4.89 Å². The first kappa shape index (κ1) is 18.3. The minimum atomic E-state index is -4.83. The summed E-state index contributed by atoms with van der Waals surface area (Å²) < 4.78 is 20.8. The summed E-state index contributed by atoms with van der Waals surface area (Å²) in [5.74, 6) is -0.592. The van der Waals surface area contributed by atoms with Gasteiger partial charge in [0, 0.05) is 12.5 Å². The minimum absolute atomic E-state index is 0.155. The van der Waals surface area contributed by atoms with Crippen LogP contribution in [0.2, 0.25) is 0 Å². The van der Waals surface area contributed by atoms with Gasteiger partial charge in [-0.25, -0.2) is 4.79 Å². The smallest absolute Gasteiger partial charge is 0.330 e. The Kier molecular flexibility index (Phi) is 6.89. The number of esters is 1. The van der Waals surface area contributed by atoms with Crippen molar-refractivity contribution in [1.29, 1.82) is 0 Å². The minimum Gasteiger partial charge on any atom is -0.756 e. The van der Waals surface area contributed by atoms with Crippen molar-refractivity contribution in [3.8, 4) is 0 Å². The predicted molar refractivity (Wildman–Crippen MR) is 68.0 cm³/mol. The molecule has 0 saturated heterocycles. The van der Waals surface area contributed by atoms with E-state index >= 15 is 0 Å². The second kappa shape index (κ2) is 7.17. The van der Waals surface area contributed by atoms with E-state index in [-0.39, 0.29) is 6.42 Å². The molecule has 3 atom stereocenters. The molecule has 0 heterocycles. The Bertz CT molecular complexity index is 359. The Labute approximate surface area is 113 Å². The third-order valence-corrected chi connectivity index (χ3v) is 2.68. The van der Waals surface area contributed by atoms with Crippen molar-refractivity contribution in [2.24, 2.45) is 0 Å². The van der Waals surface area contributed by atoms with Crippen molar-refractivity contribution in [1.82, 2.24) is 0 Å². The summed E-state index contributed by atoms with van der Waals surface area (Å²) in [6.07, 6.45) is -0.145. The van der Waals surface area contributed by atoms with Gasteiger partial charge in [0.25, 0.3) is 7.82 Å². The largest absolute Gasteiger partial charge is 0.756 e. The van der Waals surface area contributed by atoms with E-state index in [1.165, 1.54) is 0 Å². The van der Waals surface area contributed by atoms with Gasteiger partial charge < -0.3 is 23.5 Å². The topological polar surface area (TPSA) is 95.9 Å². The fraction of sp³-hybridized carbons (Fsp3) is 0.727. The van der Waals surface area contributed by atoms with Crippen LogP contribution in [-0.4, -0.2) is 55.2 Å². The summed E-state index contributed by atoms with van der Waals surface area (Å²) in [5, 5.41) is 0. The number of quaternary nitrogens is 1. The Morgan fingerprint density at radius 2 is 2.05 bits per heavy atom. The molecule has 0 fully saturated rings. The molecule has 3 unspecified atom stereocenters. The summed E-state index contributed by atoms with van der Waals surface area (Å²) in [6.45, 7) is 5.22. The van der Waals surface area contributed by atoms with E-state index in [0.717, 1.165) is 6.08 Å². The number of likely N-dealkylation sites (N-methyl/N-ethyl adjacent to an activating group) is 1. The molecule has 0 rings (SSSR count). The number of carbonyl (C=O) groups is 1. The first-order valence-electron chi connectivity index (χ1n) is 5.78. The van der Waals surface area contributed by atoms with Crippen LogP contribution in [-0.2, 0) is 18.6 Å². The van der Waals surface area contributed by atoms with Gasteiger partial charge in [-0.2, -0.15) is 0 Å². The molecule has 0 aromatic carbocycles. The number of hydrogen-bond donors (Lipinski definition) is 1. The third kappa shape index (κ3) is 10.9. The van der Waals surface area contributed by atoms with Crippen LogP contribution in [0.15, 0.2) is 12.7 Å². The molecule has 0 aromatic rings. The second-order valence-electron chi connectivity index (χ2n) is 5.36. The van der Waals surface area contributed by atoms with Crippen LogP contribution in [0.3, 0.4) is 0 Å². The van der Waals surface area contributed by atoms with E-state index < -0.39 is 26.0 Å². The summed E-state index contributed by atoms with van der Waals surface area (Å²) in [7, 11) is 0.727. The lowest BCUT2D eigenvalue weighted by atomic mass is 10.1. The monoisotopic (exact) mass is 295 g/mol. The quantitative estimate of drug-likeness (QED) is 0.294. The fourth-order valence-electron chi connectivity index (χ4n) is 1.61. The summed E-state index contributed by atoms with van der Waals surface area (Å²) in [5.41, 5.74) is 0. The van der Waals surface area contributed by atoms with E-state index in [4.69, 9.17) is 9.63 Å². The molecular weight excluding hydrogens is 273 g/mol. The lowest BCUT2D eigenvalue weighted by molar-refractivity contribution is -0.873. The Morgan fingerprint density at radius 1 is 1.53 bits per heavy atom. The molecule has 0 spiro atoms. The van der Waals surface area contributed by atoms with Crippen molar-refractivity contribution in [2.75, 3.05) is 27.7 Å². The molecule has 0 radical (unpaired) electrons. The zero-order chi connectivity index (χ0) is 15.3. The van der Waals surface area contributed by atoms with Gasteiger partial charge in [-0.15, -0.1) is 0 Å². The number of phosphoric acid groups is 1. The van der Waals surface area contributed by atoms with Gasteiger partial charge in [-0.05, 0) is 6.92 Å². The molecule has 112 valence electrons. The molecule has 8 heteroatoms. The first-order chi connectivity index (χ1) is 8.43. The molecule has 1 N–H and O–H groups in total. The zero-order valence-electron chi connectivity index (χ0n) is 11.7. The van der Waals surface area contributed by atoms with Crippen molar-refractivity contribution in [3.05, 3.63) is 12.7 Å². The standard InChI is InChI=1S/C11H22NO6P/c1-6-11(13)17-9(2)7-10(8-12(3,4)5)18-19(14,15)16/h6,9-10H,1,7-8H2,2-5H3,(H-,14,15,16). The van der Waals surface area contributed by atoms with Crippen LogP contribution in [0.4, 0.5) is 0 Å². The van der Waals surface area contributed by atoms with Crippen molar-refractivity contribution in [3.63, 3.8) is 0 Å². The highest BCUT2D eigenvalue weighted by atomic mass is 31.2. The third-order valence-electron chi connectivity index (χ3n) is 2.11. The van der Waals surface area contributed by atoms with E-state index in [0.29, 0.717) is 11.0 Å². The first-order valence-corrected chi connectivity index (χ1v) is 7.28. The Morgan fingerprint density at radius 3 is 2.42 bits per heavy atom. The number of rotatable bonds is 8. The summed E-state index contributed by atoms with van der Waals surface area (Å²) in [6, 6.07) is 0. The second-order valence-corrected chi connectivity index (χ2v) is 6.50. The van der Waals surface area contributed by atoms with Crippen LogP contribution in [0, 0.1) is 0 Å². The van der Waals surface area contributed by atoms with E-state index in [1.54, 1.807) is 6.92 Å². The lowest BCUT2D eigenvalue weighted by Crippen LogP contribution is -2.43. The van der Waals surface area contributed by atoms with Gasteiger partial charge in [0.15, 0.2) is 0 Å². The van der Waals surface area contributed by atoms with Gasteiger partial charge in [-0.1, -0.05) is 6.58 Å². The number of hydrogen-bond acceptors (Lipinski definition) is 5.